The number of carboxylic acid groups (broad SMARTS) is 1. The zero-order chi connectivity index (χ0) is 25.2. The molecule has 5 rings (SSSR count). The molecule has 1 aliphatic rings. The van der Waals surface area contributed by atoms with E-state index in [-0.39, 0.29) is 17.7 Å². The van der Waals surface area contributed by atoms with Gasteiger partial charge in [-0.1, -0.05) is 29.8 Å². The summed E-state index contributed by atoms with van der Waals surface area (Å²) in [6, 6.07) is 20.3. The number of ether oxygens (including phenoxy) is 1. The van der Waals surface area contributed by atoms with Crippen LogP contribution in [0.2, 0.25) is 5.02 Å². The topological polar surface area (TPSA) is 83.8 Å². The summed E-state index contributed by atoms with van der Waals surface area (Å²) >= 11 is 6.37. The summed E-state index contributed by atoms with van der Waals surface area (Å²) in [5, 5.41) is 12.8. The Morgan fingerprint density at radius 1 is 1.08 bits per heavy atom. The molecule has 0 fully saturated rings. The van der Waals surface area contributed by atoms with Gasteiger partial charge in [0, 0.05) is 27.4 Å². The van der Waals surface area contributed by atoms with Crippen LogP contribution in [-0.4, -0.2) is 28.4 Å². The van der Waals surface area contributed by atoms with Gasteiger partial charge in [-0.2, -0.15) is 0 Å². The molecule has 36 heavy (non-hydrogen) atoms. The molecule has 1 aromatic heterocycles. The number of carboxylic acids is 1. The molecule has 0 saturated heterocycles. The number of benzene rings is 3. The third-order valence-electron chi connectivity index (χ3n) is 5.79. The van der Waals surface area contributed by atoms with Crippen molar-refractivity contribution in [2.24, 2.45) is 4.99 Å². The zero-order valence-corrected chi connectivity index (χ0v) is 20.0. The Morgan fingerprint density at radius 3 is 2.64 bits per heavy atom. The van der Waals surface area contributed by atoms with Crippen molar-refractivity contribution in [3.63, 3.8) is 0 Å². The largest absolute Gasteiger partial charge is 0.493 e. The summed E-state index contributed by atoms with van der Waals surface area (Å²) in [6.45, 7) is 2.52. The van der Waals surface area contributed by atoms with Crippen molar-refractivity contribution in [2.75, 3.05) is 11.9 Å². The van der Waals surface area contributed by atoms with Gasteiger partial charge in [0.05, 0.1) is 35.7 Å². The Labute approximate surface area is 212 Å². The molecule has 3 aromatic carbocycles. The highest BCUT2D eigenvalue weighted by atomic mass is 35.5. The third kappa shape index (κ3) is 4.53. The lowest BCUT2D eigenvalue weighted by atomic mass is 9.94. The van der Waals surface area contributed by atoms with Gasteiger partial charge in [0.25, 0.3) is 0 Å². The Morgan fingerprint density at radius 2 is 1.89 bits per heavy atom. The Kier molecular flexibility index (Phi) is 6.40. The Bertz CT molecular complexity index is 1500. The molecule has 0 amide bonds. The summed E-state index contributed by atoms with van der Waals surface area (Å²) in [5.74, 6) is -0.440. The fourth-order valence-electron chi connectivity index (χ4n) is 4.15. The van der Waals surface area contributed by atoms with Crippen molar-refractivity contribution in [2.45, 2.75) is 13.5 Å². The minimum absolute atomic E-state index is 0.200. The standard InChI is InChI=1S/C28H21ClFN3O3/c1-2-36-23-5-3-4-22(30)25(23)27-21-14-18(29)9-12-20(21)26-17(15-31-27)8-13-24(33-26)32-19-10-6-16(7-11-19)28(34)35/h3-14H,2,15H2,1H3,(H,32,33)(H,34,35). The van der Waals surface area contributed by atoms with Crippen LogP contribution in [0, 0.1) is 5.82 Å². The number of rotatable bonds is 6. The van der Waals surface area contributed by atoms with E-state index in [0.29, 0.717) is 45.9 Å². The van der Waals surface area contributed by atoms with Crippen molar-refractivity contribution in [1.82, 2.24) is 4.98 Å². The highest BCUT2D eigenvalue weighted by Crippen LogP contribution is 2.36. The first-order valence-electron chi connectivity index (χ1n) is 11.3. The third-order valence-corrected chi connectivity index (χ3v) is 6.03. The molecule has 0 unspecified atom stereocenters. The summed E-state index contributed by atoms with van der Waals surface area (Å²) < 4.78 is 20.9. The van der Waals surface area contributed by atoms with Gasteiger partial charge in [-0.05, 0) is 61.5 Å². The molecule has 0 bridgehead atoms. The molecule has 4 aromatic rings. The van der Waals surface area contributed by atoms with Gasteiger partial charge < -0.3 is 15.2 Å². The Balaban J connectivity index is 1.59. The van der Waals surface area contributed by atoms with Crippen molar-refractivity contribution < 1.29 is 19.0 Å². The predicted octanol–water partition coefficient (Wildman–Crippen LogP) is 6.73. The average molecular weight is 502 g/mol. The molecule has 0 saturated carbocycles. The van der Waals surface area contributed by atoms with Crippen molar-refractivity contribution >= 4 is 34.8 Å². The number of anilines is 2. The monoisotopic (exact) mass is 501 g/mol. The zero-order valence-electron chi connectivity index (χ0n) is 19.3. The van der Waals surface area contributed by atoms with Crippen LogP contribution in [0.3, 0.4) is 0 Å². The van der Waals surface area contributed by atoms with Crippen molar-refractivity contribution in [3.05, 3.63) is 106 Å². The minimum Gasteiger partial charge on any atom is -0.493 e. The Hall–Kier alpha value is -4.23. The van der Waals surface area contributed by atoms with Crippen LogP contribution in [0.25, 0.3) is 11.3 Å². The number of aliphatic imine (C=N–C) groups is 1. The van der Waals surface area contributed by atoms with E-state index in [9.17, 15) is 4.79 Å². The van der Waals surface area contributed by atoms with Crippen LogP contribution >= 0.6 is 11.6 Å². The maximum Gasteiger partial charge on any atom is 0.335 e. The summed E-state index contributed by atoms with van der Waals surface area (Å²) in [7, 11) is 0. The smallest absolute Gasteiger partial charge is 0.335 e. The molecular weight excluding hydrogens is 481 g/mol. The molecule has 180 valence electrons. The number of aromatic nitrogens is 1. The highest BCUT2D eigenvalue weighted by molar-refractivity contribution is 6.31. The second kappa shape index (κ2) is 9.79. The van der Waals surface area contributed by atoms with Gasteiger partial charge in [0.1, 0.15) is 17.4 Å². The summed E-state index contributed by atoms with van der Waals surface area (Å²) in [5.41, 5.74) is 4.62. The van der Waals surface area contributed by atoms with Crippen molar-refractivity contribution in [3.8, 4) is 17.0 Å². The van der Waals surface area contributed by atoms with Gasteiger partial charge in [0.2, 0.25) is 0 Å². The first-order valence-corrected chi connectivity index (χ1v) is 11.7. The fourth-order valence-corrected chi connectivity index (χ4v) is 4.33. The number of halogens is 2. The SMILES string of the molecule is CCOc1cccc(F)c1C1=NCc2ccc(Nc3ccc(C(=O)O)cc3)nc2-c2ccc(Cl)cc21. The second-order valence-electron chi connectivity index (χ2n) is 8.11. The normalized spacial score (nSPS) is 12.1. The van der Waals surface area contributed by atoms with E-state index in [1.807, 2.05) is 25.1 Å². The molecule has 6 nitrogen and oxygen atoms in total. The number of carbonyl (C=O) groups is 1. The lowest BCUT2D eigenvalue weighted by Crippen LogP contribution is -2.10. The van der Waals surface area contributed by atoms with Crippen LogP contribution in [0.15, 0.2) is 77.8 Å². The minimum atomic E-state index is -0.988. The van der Waals surface area contributed by atoms with Gasteiger partial charge in [0.15, 0.2) is 0 Å². The summed E-state index contributed by atoms with van der Waals surface area (Å²) in [6.07, 6.45) is 0. The van der Waals surface area contributed by atoms with E-state index in [1.165, 1.54) is 18.2 Å². The van der Waals surface area contributed by atoms with Crippen LogP contribution in [0.4, 0.5) is 15.9 Å². The number of nitrogens with zero attached hydrogens (tertiary/aromatic N) is 2. The van der Waals surface area contributed by atoms with Crippen molar-refractivity contribution in [1.29, 1.82) is 0 Å². The molecule has 0 aliphatic carbocycles. The number of hydrogen-bond acceptors (Lipinski definition) is 5. The second-order valence-corrected chi connectivity index (χ2v) is 8.55. The van der Waals surface area contributed by atoms with Crippen LogP contribution < -0.4 is 10.1 Å². The first-order chi connectivity index (χ1) is 17.4. The molecule has 2 heterocycles. The van der Waals surface area contributed by atoms with E-state index < -0.39 is 11.8 Å². The highest BCUT2D eigenvalue weighted by Gasteiger charge is 2.25. The van der Waals surface area contributed by atoms with E-state index in [4.69, 9.17) is 31.4 Å². The number of hydrogen-bond donors (Lipinski definition) is 2. The van der Waals surface area contributed by atoms with E-state index in [0.717, 1.165) is 11.1 Å². The number of nitrogens with one attached hydrogen (secondary N) is 1. The van der Waals surface area contributed by atoms with Crippen LogP contribution in [0.5, 0.6) is 5.75 Å². The molecule has 0 atom stereocenters. The fraction of sp³-hybridized carbons (Fsp3) is 0.107. The molecule has 2 N–H and O–H groups in total. The van der Waals surface area contributed by atoms with Gasteiger partial charge in [-0.3, -0.25) is 4.99 Å². The maximum atomic E-state index is 15.1. The average Bonchev–Trinajstić information content (AvgIpc) is 3.01. The number of pyridine rings is 1. The van der Waals surface area contributed by atoms with Gasteiger partial charge >= 0.3 is 5.97 Å². The predicted molar refractivity (Wildman–Crippen MR) is 138 cm³/mol. The molecule has 0 spiro atoms. The lowest BCUT2D eigenvalue weighted by molar-refractivity contribution is 0.0697. The molecule has 1 aliphatic heterocycles. The molecule has 8 heteroatoms. The van der Waals surface area contributed by atoms with Gasteiger partial charge in [-0.15, -0.1) is 0 Å². The van der Waals surface area contributed by atoms with E-state index >= 15 is 4.39 Å². The van der Waals surface area contributed by atoms with Gasteiger partial charge in [-0.25, -0.2) is 14.2 Å². The van der Waals surface area contributed by atoms with Crippen LogP contribution in [0.1, 0.15) is 34.0 Å². The van der Waals surface area contributed by atoms with E-state index in [2.05, 4.69) is 5.32 Å². The van der Waals surface area contributed by atoms with Crippen LogP contribution in [-0.2, 0) is 6.54 Å². The quantitative estimate of drug-likeness (QED) is 0.306. The summed E-state index contributed by atoms with van der Waals surface area (Å²) in [4.78, 5) is 20.7. The maximum absolute atomic E-state index is 15.1. The van der Waals surface area contributed by atoms with E-state index in [1.54, 1.807) is 36.4 Å². The molecule has 0 radical (unpaired) electrons. The first kappa shape index (κ1) is 23.5. The number of fused-ring (bicyclic) bond motifs is 3. The molecular formula is C28H21ClFN3O3. The number of aromatic carboxylic acids is 1. The lowest BCUT2D eigenvalue weighted by Gasteiger charge is -2.16.